The van der Waals surface area contributed by atoms with Crippen LogP contribution in [-0.2, 0) is 9.22 Å². The van der Waals surface area contributed by atoms with Crippen molar-refractivity contribution in [2.24, 2.45) is 5.92 Å². The zero-order valence-corrected chi connectivity index (χ0v) is 14.5. The van der Waals surface area contributed by atoms with Gasteiger partial charge in [-0.3, -0.25) is 0 Å². The van der Waals surface area contributed by atoms with Crippen LogP contribution in [0.5, 0.6) is 0 Å². The van der Waals surface area contributed by atoms with Gasteiger partial charge in [0, 0.05) is 12.0 Å². The van der Waals surface area contributed by atoms with E-state index < -0.39 is 8.32 Å². The molecule has 0 radical (unpaired) electrons. The monoisotopic (exact) mass is 272 g/mol. The van der Waals surface area contributed by atoms with Crippen LogP contribution >= 0.6 is 0 Å². The van der Waals surface area contributed by atoms with Crippen molar-refractivity contribution >= 4 is 14.6 Å². The van der Waals surface area contributed by atoms with Gasteiger partial charge in [-0.05, 0) is 30.0 Å². The first-order valence-electron chi connectivity index (χ1n) is 7.31. The molecule has 0 unspecified atom stereocenters. The van der Waals surface area contributed by atoms with Crippen molar-refractivity contribution in [3.8, 4) is 0 Å². The molecule has 108 valence electrons. The molecule has 0 heterocycles. The van der Waals surface area contributed by atoms with Crippen molar-refractivity contribution in [3.63, 3.8) is 0 Å². The molecule has 2 atom stereocenters. The molecule has 0 spiro atoms. The van der Waals surface area contributed by atoms with Gasteiger partial charge in [0.1, 0.15) is 6.29 Å². The van der Waals surface area contributed by atoms with E-state index in [2.05, 4.69) is 48.5 Å². The van der Waals surface area contributed by atoms with Crippen LogP contribution < -0.4 is 0 Å². The van der Waals surface area contributed by atoms with Gasteiger partial charge in [-0.2, -0.15) is 0 Å². The first kappa shape index (κ1) is 17.8. The standard InChI is InChI=1S/C15H32O2Si/c1-11(2)18(12(3)4,13(5)6)17-15(8)9-14(7)10-16/h10-15H,9H2,1-8H3/t14-,15+/m1/s1. The molecule has 0 saturated heterocycles. The van der Waals surface area contributed by atoms with E-state index in [-0.39, 0.29) is 12.0 Å². The Hall–Kier alpha value is -0.153. The molecule has 0 aliphatic rings. The zero-order chi connectivity index (χ0) is 14.5. The molecule has 0 saturated carbocycles. The molecule has 18 heavy (non-hydrogen) atoms. The maximum Gasteiger partial charge on any atom is 0.200 e. The molecule has 0 amide bonds. The second kappa shape index (κ2) is 7.44. The third kappa shape index (κ3) is 4.20. The summed E-state index contributed by atoms with van der Waals surface area (Å²) in [5, 5.41) is 0. The Kier molecular flexibility index (Phi) is 7.38. The molecule has 0 aromatic heterocycles. The Morgan fingerprint density at radius 2 is 1.28 bits per heavy atom. The minimum atomic E-state index is -1.79. The fraction of sp³-hybridized carbons (Fsp3) is 0.933. The summed E-state index contributed by atoms with van der Waals surface area (Å²) in [6, 6.07) is 0. The molecule has 0 aromatic carbocycles. The average molecular weight is 273 g/mol. The van der Waals surface area contributed by atoms with E-state index in [9.17, 15) is 4.79 Å². The predicted octanol–water partition coefficient (Wildman–Crippen LogP) is 4.79. The highest BCUT2D eigenvalue weighted by Gasteiger charge is 2.46. The van der Waals surface area contributed by atoms with Crippen molar-refractivity contribution < 1.29 is 9.22 Å². The number of hydrogen-bond acceptors (Lipinski definition) is 2. The van der Waals surface area contributed by atoms with Gasteiger partial charge in [0.25, 0.3) is 0 Å². The highest BCUT2D eigenvalue weighted by atomic mass is 28.4. The first-order chi connectivity index (χ1) is 8.18. The molecule has 3 heteroatoms. The van der Waals surface area contributed by atoms with E-state index in [1.54, 1.807) is 0 Å². The van der Waals surface area contributed by atoms with Gasteiger partial charge in [0.2, 0.25) is 8.32 Å². The van der Waals surface area contributed by atoms with Crippen molar-refractivity contribution in [3.05, 3.63) is 0 Å². The van der Waals surface area contributed by atoms with Gasteiger partial charge >= 0.3 is 0 Å². The molecule has 0 rings (SSSR count). The van der Waals surface area contributed by atoms with Crippen molar-refractivity contribution in [1.29, 1.82) is 0 Å². The van der Waals surface area contributed by atoms with E-state index >= 15 is 0 Å². The summed E-state index contributed by atoms with van der Waals surface area (Å²) in [6.45, 7) is 17.9. The Labute approximate surface area is 115 Å². The topological polar surface area (TPSA) is 26.3 Å². The van der Waals surface area contributed by atoms with Gasteiger partial charge < -0.3 is 9.22 Å². The lowest BCUT2D eigenvalue weighted by Crippen LogP contribution is -2.50. The second-order valence-electron chi connectivity index (χ2n) is 6.60. The molecule has 2 nitrogen and oxygen atoms in total. The van der Waals surface area contributed by atoms with E-state index in [1.165, 1.54) is 0 Å². The minimum Gasteiger partial charge on any atom is -0.413 e. The molecular weight excluding hydrogens is 240 g/mol. The van der Waals surface area contributed by atoms with Gasteiger partial charge in [-0.15, -0.1) is 0 Å². The van der Waals surface area contributed by atoms with Crippen LogP contribution in [0.1, 0.15) is 61.8 Å². The fourth-order valence-corrected chi connectivity index (χ4v) is 8.99. The van der Waals surface area contributed by atoms with E-state index in [0.717, 1.165) is 12.7 Å². The van der Waals surface area contributed by atoms with Crippen LogP contribution in [0.2, 0.25) is 16.6 Å². The molecular formula is C15H32O2Si. The Morgan fingerprint density at radius 1 is 0.889 bits per heavy atom. The Balaban J connectivity index is 4.94. The lowest BCUT2D eigenvalue weighted by atomic mass is 10.1. The van der Waals surface area contributed by atoms with Gasteiger partial charge in [0.15, 0.2) is 0 Å². The molecule has 0 aliphatic carbocycles. The third-order valence-corrected chi connectivity index (χ3v) is 10.3. The van der Waals surface area contributed by atoms with E-state index in [4.69, 9.17) is 4.43 Å². The smallest absolute Gasteiger partial charge is 0.200 e. The number of carbonyl (C=O) groups is 1. The van der Waals surface area contributed by atoms with Crippen LogP contribution in [0.15, 0.2) is 0 Å². The van der Waals surface area contributed by atoms with Crippen molar-refractivity contribution in [1.82, 2.24) is 0 Å². The summed E-state index contributed by atoms with van der Waals surface area (Å²) in [4.78, 5) is 10.8. The maximum absolute atomic E-state index is 10.8. The second-order valence-corrected chi connectivity index (χ2v) is 12.0. The summed E-state index contributed by atoms with van der Waals surface area (Å²) in [5.74, 6) is 0.0955. The van der Waals surface area contributed by atoms with Crippen molar-refractivity contribution in [2.75, 3.05) is 0 Å². The van der Waals surface area contributed by atoms with Crippen LogP contribution in [0.3, 0.4) is 0 Å². The quantitative estimate of drug-likeness (QED) is 0.469. The number of rotatable bonds is 8. The largest absolute Gasteiger partial charge is 0.413 e. The van der Waals surface area contributed by atoms with Crippen LogP contribution in [-0.4, -0.2) is 20.7 Å². The maximum atomic E-state index is 10.8. The molecule has 0 aliphatic heterocycles. The van der Waals surface area contributed by atoms with Crippen molar-refractivity contribution in [2.45, 2.75) is 84.5 Å². The Bertz CT molecular complexity index is 227. The lowest BCUT2D eigenvalue weighted by Gasteiger charge is -2.44. The number of carbonyl (C=O) groups excluding carboxylic acids is 1. The van der Waals surface area contributed by atoms with E-state index in [0.29, 0.717) is 16.6 Å². The minimum absolute atomic E-state index is 0.0955. The fourth-order valence-electron chi connectivity index (χ4n) is 3.38. The van der Waals surface area contributed by atoms with Gasteiger partial charge in [0.05, 0.1) is 0 Å². The first-order valence-corrected chi connectivity index (χ1v) is 9.45. The number of aldehydes is 1. The summed E-state index contributed by atoms with van der Waals surface area (Å²) < 4.78 is 6.57. The highest BCUT2D eigenvalue weighted by Crippen LogP contribution is 2.43. The number of hydrogen-bond donors (Lipinski definition) is 0. The van der Waals surface area contributed by atoms with Crippen LogP contribution in [0, 0.1) is 5.92 Å². The third-order valence-electron chi connectivity index (χ3n) is 4.05. The SMILES string of the molecule is CC(C)[Si](O[C@@H](C)C[C@@H](C)C=O)(C(C)C)C(C)C. The van der Waals surface area contributed by atoms with Gasteiger partial charge in [-0.25, -0.2) is 0 Å². The highest BCUT2D eigenvalue weighted by molar-refractivity contribution is 6.77. The molecule has 0 aromatic rings. The zero-order valence-electron chi connectivity index (χ0n) is 13.5. The van der Waals surface area contributed by atoms with E-state index in [1.807, 2.05) is 6.92 Å². The summed E-state index contributed by atoms with van der Waals surface area (Å²) in [6.07, 6.45) is 2.05. The van der Waals surface area contributed by atoms with Crippen LogP contribution in [0.4, 0.5) is 0 Å². The van der Waals surface area contributed by atoms with Crippen LogP contribution in [0.25, 0.3) is 0 Å². The molecule has 0 fully saturated rings. The van der Waals surface area contributed by atoms with Gasteiger partial charge in [-0.1, -0.05) is 48.5 Å². The summed E-state index contributed by atoms with van der Waals surface area (Å²) in [7, 11) is -1.79. The summed E-state index contributed by atoms with van der Waals surface area (Å²) in [5.41, 5.74) is 1.81. The summed E-state index contributed by atoms with van der Waals surface area (Å²) >= 11 is 0. The predicted molar refractivity (Wildman–Crippen MR) is 81.4 cm³/mol. The molecule has 0 bridgehead atoms. The lowest BCUT2D eigenvalue weighted by molar-refractivity contribution is -0.111. The Morgan fingerprint density at radius 3 is 1.56 bits per heavy atom. The normalized spacial score (nSPS) is 16.4. The average Bonchev–Trinajstić information content (AvgIpc) is 2.23. The molecule has 0 N–H and O–H groups in total.